The van der Waals surface area contributed by atoms with Gasteiger partial charge in [-0.15, -0.1) is 5.10 Å². The SMILES string of the molecule is Cc1ccc(OCC(=O)Nc2ccc(-c3cnns3)cc2)c(C(C)(C)C)c1. The van der Waals surface area contributed by atoms with Crippen LogP contribution in [0.15, 0.2) is 48.7 Å². The molecule has 0 spiro atoms. The number of hydrogen-bond acceptors (Lipinski definition) is 5. The normalized spacial score (nSPS) is 11.3. The van der Waals surface area contributed by atoms with Crippen LogP contribution in [-0.2, 0) is 10.2 Å². The molecule has 1 aromatic heterocycles. The van der Waals surface area contributed by atoms with Gasteiger partial charge in [-0.2, -0.15) is 0 Å². The third-order valence-corrected chi connectivity index (χ3v) is 4.83. The molecular weight excluding hydrogens is 358 g/mol. The summed E-state index contributed by atoms with van der Waals surface area (Å²) in [5.41, 5.74) is 3.96. The first-order valence-electron chi connectivity index (χ1n) is 8.74. The number of nitrogens with one attached hydrogen (secondary N) is 1. The third kappa shape index (κ3) is 4.92. The van der Waals surface area contributed by atoms with E-state index in [4.69, 9.17) is 4.74 Å². The second kappa shape index (κ2) is 7.88. The lowest BCUT2D eigenvalue weighted by molar-refractivity contribution is -0.118. The molecule has 0 radical (unpaired) electrons. The van der Waals surface area contributed by atoms with Gasteiger partial charge in [0.05, 0.1) is 11.1 Å². The standard InChI is InChI=1S/C21H23N3O2S/c1-14-5-10-18(17(11-14)21(2,3)4)26-13-20(25)23-16-8-6-15(7-9-16)19-12-22-24-27-19/h5-12H,13H2,1-4H3,(H,23,25). The van der Waals surface area contributed by atoms with E-state index in [-0.39, 0.29) is 17.9 Å². The number of rotatable bonds is 5. The lowest BCUT2D eigenvalue weighted by atomic mass is 9.85. The average Bonchev–Trinajstić information content (AvgIpc) is 3.15. The highest BCUT2D eigenvalue weighted by Gasteiger charge is 2.19. The number of carbonyl (C=O) groups excluding carboxylic acids is 1. The van der Waals surface area contributed by atoms with Crippen LogP contribution in [0.4, 0.5) is 5.69 Å². The zero-order valence-electron chi connectivity index (χ0n) is 15.9. The number of carbonyl (C=O) groups is 1. The Morgan fingerprint density at radius 2 is 1.89 bits per heavy atom. The van der Waals surface area contributed by atoms with E-state index in [1.807, 2.05) is 36.4 Å². The van der Waals surface area contributed by atoms with E-state index in [1.165, 1.54) is 17.1 Å². The lowest BCUT2D eigenvalue weighted by Gasteiger charge is -2.23. The second-order valence-electron chi connectivity index (χ2n) is 7.45. The summed E-state index contributed by atoms with van der Waals surface area (Å²) in [6, 6.07) is 13.6. The maximum absolute atomic E-state index is 12.3. The van der Waals surface area contributed by atoms with Crippen molar-refractivity contribution in [3.63, 3.8) is 0 Å². The van der Waals surface area contributed by atoms with Gasteiger partial charge in [0, 0.05) is 5.69 Å². The molecule has 0 unspecified atom stereocenters. The van der Waals surface area contributed by atoms with E-state index in [9.17, 15) is 4.79 Å². The minimum atomic E-state index is -0.192. The van der Waals surface area contributed by atoms with E-state index in [1.54, 1.807) is 6.20 Å². The van der Waals surface area contributed by atoms with Crippen LogP contribution in [0.2, 0.25) is 0 Å². The summed E-state index contributed by atoms with van der Waals surface area (Å²) in [6.45, 7) is 8.42. The van der Waals surface area contributed by atoms with Crippen molar-refractivity contribution in [2.75, 3.05) is 11.9 Å². The molecule has 0 bridgehead atoms. The highest BCUT2D eigenvalue weighted by Crippen LogP contribution is 2.32. The first-order chi connectivity index (χ1) is 12.8. The van der Waals surface area contributed by atoms with Gasteiger partial charge in [-0.25, -0.2) is 0 Å². The number of ether oxygens (including phenoxy) is 1. The van der Waals surface area contributed by atoms with Crippen LogP contribution >= 0.6 is 11.5 Å². The highest BCUT2D eigenvalue weighted by atomic mass is 32.1. The number of nitrogens with zero attached hydrogens (tertiary/aromatic N) is 2. The molecule has 0 fully saturated rings. The largest absolute Gasteiger partial charge is 0.483 e. The lowest BCUT2D eigenvalue weighted by Crippen LogP contribution is -2.22. The Hall–Kier alpha value is -2.73. The van der Waals surface area contributed by atoms with Crippen molar-refractivity contribution in [3.05, 3.63) is 59.8 Å². The second-order valence-corrected chi connectivity index (χ2v) is 8.23. The summed E-state index contributed by atoms with van der Waals surface area (Å²) < 4.78 is 9.67. The minimum Gasteiger partial charge on any atom is -0.483 e. The Morgan fingerprint density at radius 3 is 2.52 bits per heavy atom. The monoisotopic (exact) mass is 381 g/mol. The smallest absolute Gasteiger partial charge is 0.262 e. The number of amides is 1. The molecule has 140 valence electrons. The van der Waals surface area contributed by atoms with E-state index in [2.05, 4.69) is 48.7 Å². The Bertz CT molecular complexity index is 914. The van der Waals surface area contributed by atoms with Gasteiger partial charge >= 0.3 is 0 Å². The van der Waals surface area contributed by atoms with Crippen LogP contribution in [0.1, 0.15) is 31.9 Å². The van der Waals surface area contributed by atoms with Gasteiger partial charge in [-0.3, -0.25) is 4.79 Å². The van der Waals surface area contributed by atoms with Gasteiger partial charge in [0.15, 0.2) is 6.61 Å². The fourth-order valence-electron chi connectivity index (χ4n) is 2.71. The molecule has 5 nitrogen and oxygen atoms in total. The van der Waals surface area contributed by atoms with Crippen LogP contribution in [0.25, 0.3) is 10.4 Å². The summed E-state index contributed by atoms with van der Waals surface area (Å²) in [6.07, 6.45) is 1.72. The molecule has 1 heterocycles. The molecule has 1 N–H and O–H groups in total. The highest BCUT2D eigenvalue weighted by molar-refractivity contribution is 7.09. The molecule has 27 heavy (non-hydrogen) atoms. The molecule has 3 rings (SSSR count). The van der Waals surface area contributed by atoms with Crippen molar-refractivity contribution in [1.29, 1.82) is 0 Å². The molecule has 0 aliphatic rings. The van der Waals surface area contributed by atoms with Crippen molar-refractivity contribution in [3.8, 4) is 16.2 Å². The molecule has 2 aromatic carbocycles. The Morgan fingerprint density at radius 1 is 1.15 bits per heavy atom. The summed E-state index contributed by atoms with van der Waals surface area (Å²) in [5, 5.41) is 6.70. The van der Waals surface area contributed by atoms with E-state index < -0.39 is 0 Å². The van der Waals surface area contributed by atoms with Gasteiger partial charge in [-0.1, -0.05) is 55.1 Å². The van der Waals surface area contributed by atoms with Crippen molar-refractivity contribution in [1.82, 2.24) is 9.59 Å². The van der Waals surface area contributed by atoms with Crippen molar-refractivity contribution < 1.29 is 9.53 Å². The number of hydrogen-bond donors (Lipinski definition) is 1. The fraction of sp³-hybridized carbons (Fsp3) is 0.286. The fourth-order valence-corrected chi connectivity index (χ4v) is 3.23. The van der Waals surface area contributed by atoms with Crippen molar-refractivity contribution in [2.45, 2.75) is 33.1 Å². The Labute approximate surface area is 163 Å². The summed E-state index contributed by atoms with van der Waals surface area (Å²) in [7, 11) is 0. The predicted molar refractivity (Wildman–Crippen MR) is 109 cm³/mol. The topological polar surface area (TPSA) is 64.1 Å². The summed E-state index contributed by atoms with van der Waals surface area (Å²) in [5.74, 6) is 0.555. The number of anilines is 1. The van der Waals surface area contributed by atoms with Gasteiger partial charge in [0.2, 0.25) is 0 Å². The van der Waals surface area contributed by atoms with Crippen LogP contribution in [-0.4, -0.2) is 22.1 Å². The zero-order valence-corrected chi connectivity index (χ0v) is 16.8. The van der Waals surface area contributed by atoms with Crippen LogP contribution in [0.3, 0.4) is 0 Å². The molecule has 0 atom stereocenters. The summed E-state index contributed by atoms with van der Waals surface area (Å²) >= 11 is 1.34. The molecule has 0 aliphatic carbocycles. The van der Waals surface area contributed by atoms with E-state index >= 15 is 0 Å². The molecule has 1 amide bonds. The summed E-state index contributed by atoms with van der Waals surface area (Å²) in [4.78, 5) is 13.3. The molecule has 6 heteroatoms. The van der Waals surface area contributed by atoms with Gasteiger partial charge in [0.25, 0.3) is 5.91 Å². The molecular formula is C21H23N3O2S. The third-order valence-electron chi connectivity index (χ3n) is 4.12. The molecule has 3 aromatic rings. The maximum atomic E-state index is 12.3. The minimum absolute atomic E-state index is 0.0351. The van der Waals surface area contributed by atoms with Gasteiger partial charge < -0.3 is 10.1 Å². The number of aryl methyl sites for hydroxylation is 1. The van der Waals surface area contributed by atoms with Crippen molar-refractivity contribution >= 4 is 23.1 Å². The Balaban J connectivity index is 1.62. The van der Waals surface area contributed by atoms with Crippen LogP contribution < -0.4 is 10.1 Å². The number of benzene rings is 2. The first-order valence-corrected chi connectivity index (χ1v) is 9.52. The molecule has 0 saturated heterocycles. The molecule has 0 aliphatic heterocycles. The quantitative estimate of drug-likeness (QED) is 0.688. The Kier molecular flexibility index (Phi) is 5.56. The first kappa shape index (κ1) is 19.0. The predicted octanol–water partition coefficient (Wildman–Crippen LogP) is 4.83. The van der Waals surface area contributed by atoms with E-state index in [0.29, 0.717) is 0 Å². The number of aromatic nitrogens is 2. The van der Waals surface area contributed by atoms with Crippen molar-refractivity contribution in [2.24, 2.45) is 0 Å². The average molecular weight is 382 g/mol. The van der Waals surface area contributed by atoms with Gasteiger partial charge in [-0.05, 0) is 53.2 Å². The van der Waals surface area contributed by atoms with Crippen LogP contribution in [0.5, 0.6) is 5.75 Å². The zero-order chi connectivity index (χ0) is 19.4. The van der Waals surface area contributed by atoms with Gasteiger partial charge in [0.1, 0.15) is 5.75 Å². The van der Waals surface area contributed by atoms with Crippen LogP contribution in [0, 0.1) is 6.92 Å². The molecule has 0 saturated carbocycles. The maximum Gasteiger partial charge on any atom is 0.262 e. The van der Waals surface area contributed by atoms with E-state index in [0.717, 1.165) is 27.4 Å².